The summed E-state index contributed by atoms with van der Waals surface area (Å²) >= 11 is 0. The lowest BCUT2D eigenvalue weighted by Crippen LogP contribution is -2.43. The lowest BCUT2D eigenvalue weighted by atomic mass is 10.0. The fourth-order valence-electron chi connectivity index (χ4n) is 3.08. The number of hydrogen-bond donors (Lipinski definition) is 1. The molecule has 1 saturated heterocycles. The van der Waals surface area contributed by atoms with Gasteiger partial charge in [-0.1, -0.05) is 12.1 Å². The lowest BCUT2D eigenvalue weighted by Gasteiger charge is -2.31. The third-order valence-corrected chi connectivity index (χ3v) is 4.22. The molecular weight excluding hydrogens is 298 g/mol. The molecule has 120 valence electrons. The number of hydrogen-bond acceptors (Lipinski definition) is 5. The van der Waals surface area contributed by atoms with Gasteiger partial charge in [0.15, 0.2) is 0 Å². The summed E-state index contributed by atoms with van der Waals surface area (Å²) < 4.78 is 0. The number of pyridine rings is 3. The van der Waals surface area contributed by atoms with E-state index in [-0.39, 0.29) is 0 Å². The van der Waals surface area contributed by atoms with Gasteiger partial charge in [-0.2, -0.15) is 0 Å². The first-order chi connectivity index (χ1) is 11.9. The van der Waals surface area contributed by atoms with E-state index in [2.05, 4.69) is 31.2 Å². The molecule has 3 aromatic rings. The van der Waals surface area contributed by atoms with Crippen LogP contribution >= 0.6 is 0 Å². The summed E-state index contributed by atoms with van der Waals surface area (Å²) in [4.78, 5) is 16.1. The molecule has 0 spiro atoms. The van der Waals surface area contributed by atoms with Crippen molar-refractivity contribution in [3.05, 3.63) is 61.1 Å². The minimum atomic E-state index is 0.870. The fourth-order valence-corrected chi connectivity index (χ4v) is 3.08. The van der Waals surface area contributed by atoms with Crippen LogP contribution in [0.2, 0.25) is 0 Å². The molecule has 0 aliphatic carbocycles. The Bertz CT molecular complexity index is 799. The van der Waals surface area contributed by atoms with Crippen molar-refractivity contribution in [2.45, 2.75) is 0 Å². The molecule has 0 bridgehead atoms. The standard InChI is InChI=1S/C19H19N5/c1-3-8-21-15(5-1)18-17(24-13-11-20-12-14-24)7-10-23-19(18)16-6-2-4-9-22-16/h1-10,20H,11-14H2. The van der Waals surface area contributed by atoms with E-state index in [0.29, 0.717) is 0 Å². The molecule has 24 heavy (non-hydrogen) atoms. The molecule has 3 aromatic heterocycles. The van der Waals surface area contributed by atoms with Crippen molar-refractivity contribution in [2.24, 2.45) is 0 Å². The monoisotopic (exact) mass is 317 g/mol. The van der Waals surface area contributed by atoms with E-state index >= 15 is 0 Å². The average molecular weight is 317 g/mol. The van der Waals surface area contributed by atoms with E-state index in [9.17, 15) is 0 Å². The highest BCUT2D eigenvalue weighted by Crippen LogP contribution is 2.36. The Balaban J connectivity index is 1.91. The minimum absolute atomic E-state index is 0.870. The van der Waals surface area contributed by atoms with Gasteiger partial charge in [0.25, 0.3) is 0 Å². The van der Waals surface area contributed by atoms with Crippen molar-refractivity contribution in [3.63, 3.8) is 0 Å². The largest absolute Gasteiger partial charge is 0.368 e. The number of nitrogens with zero attached hydrogens (tertiary/aromatic N) is 4. The van der Waals surface area contributed by atoms with E-state index in [1.807, 2.05) is 48.8 Å². The number of nitrogens with one attached hydrogen (secondary N) is 1. The topological polar surface area (TPSA) is 53.9 Å². The first kappa shape index (κ1) is 14.8. The predicted molar refractivity (Wildman–Crippen MR) is 95.8 cm³/mol. The van der Waals surface area contributed by atoms with Gasteiger partial charge in [-0.25, -0.2) is 0 Å². The summed E-state index contributed by atoms with van der Waals surface area (Å²) in [5.74, 6) is 0. The Hall–Kier alpha value is -2.79. The van der Waals surface area contributed by atoms with Gasteiger partial charge < -0.3 is 10.2 Å². The van der Waals surface area contributed by atoms with Gasteiger partial charge in [0.05, 0.1) is 22.6 Å². The molecule has 5 nitrogen and oxygen atoms in total. The van der Waals surface area contributed by atoms with Gasteiger partial charge in [0.2, 0.25) is 0 Å². The van der Waals surface area contributed by atoms with E-state index in [1.54, 1.807) is 6.20 Å². The maximum Gasteiger partial charge on any atom is 0.100 e. The molecule has 4 heterocycles. The van der Waals surface area contributed by atoms with E-state index in [4.69, 9.17) is 0 Å². The highest BCUT2D eigenvalue weighted by atomic mass is 15.2. The van der Waals surface area contributed by atoms with Crippen molar-refractivity contribution in [2.75, 3.05) is 31.1 Å². The Kier molecular flexibility index (Phi) is 4.16. The first-order valence-electron chi connectivity index (χ1n) is 8.21. The second-order valence-electron chi connectivity index (χ2n) is 5.72. The predicted octanol–water partition coefficient (Wildman–Crippen LogP) is 2.62. The number of aromatic nitrogens is 3. The Morgan fingerprint density at radius 2 is 1.46 bits per heavy atom. The smallest absolute Gasteiger partial charge is 0.100 e. The van der Waals surface area contributed by atoms with Gasteiger partial charge in [0, 0.05) is 44.8 Å². The van der Waals surface area contributed by atoms with Crippen LogP contribution in [0.1, 0.15) is 0 Å². The molecular formula is C19H19N5. The number of rotatable bonds is 3. The van der Waals surface area contributed by atoms with Crippen LogP contribution in [0.4, 0.5) is 5.69 Å². The normalized spacial score (nSPS) is 14.6. The maximum absolute atomic E-state index is 4.64. The van der Waals surface area contributed by atoms with Crippen LogP contribution in [0.5, 0.6) is 0 Å². The maximum atomic E-state index is 4.64. The molecule has 0 atom stereocenters. The van der Waals surface area contributed by atoms with Crippen LogP contribution in [-0.2, 0) is 0 Å². The molecule has 0 radical (unpaired) electrons. The van der Waals surface area contributed by atoms with Gasteiger partial charge in [-0.3, -0.25) is 15.0 Å². The third kappa shape index (κ3) is 2.86. The van der Waals surface area contributed by atoms with Gasteiger partial charge in [0.1, 0.15) is 5.69 Å². The highest BCUT2D eigenvalue weighted by molar-refractivity contribution is 5.87. The van der Waals surface area contributed by atoms with Crippen LogP contribution in [0, 0.1) is 0 Å². The Morgan fingerprint density at radius 3 is 2.12 bits per heavy atom. The van der Waals surface area contributed by atoms with E-state index < -0.39 is 0 Å². The Labute approximate surface area is 141 Å². The van der Waals surface area contributed by atoms with Crippen molar-refractivity contribution in [1.29, 1.82) is 0 Å². The third-order valence-electron chi connectivity index (χ3n) is 4.22. The van der Waals surface area contributed by atoms with Crippen LogP contribution in [0.25, 0.3) is 22.6 Å². The van der Waals surface area contributed by atoms with E-state index in [0.717, 1.165) is 48.8 Å². The van der Waals surface area contributed by atoms with Gasteiger partial charge in [-0.15, -0.1) is 0 Å². The number of piperazine rings is 1. The molecule has 5 heteroatoms. The number of anilines is 1. The second kappa shape index (κ2) is 6.76. The molecule has 1 aliphatic rings. The molecule has 0 aromatic carbocycles. The van der Waals surface area contributed by atoms with Crippen LogP contribution in [0.15, 0.2) is 61.1 Å². The summed E-state index contributed by atoms with van der Waals surface area (Å²) in [6.45, 7) is 3.93. The lowest BCUT2D eigenvalue weighted by molar-refractivity contribution is 0.589. The first-order valence-corrected chi connectivity index (χ1v) is 8.21. The molecule has 0 saturated carbocycles. The SMILES string of the molecule is c1ccc(-c2nccc(N3CCNCC3)c2-c2ccccn2)nc1. The minimum Gasteiger partial charge on any atom is -0.368 e. The van der Waals surface area contributed by atoms with Crippen molar-refractivity contribution in [3.8, 4) is 22.6 Å². The van der Waals surface area contributed by atoms with Crippen LogP contribution < -0.4 is 10.2 Å². The zero-order valence-corrected chi connectivity index (χ0v) is 13.4. The average Bonchev–Trinajstić information content (AvgIpc) is 2.69. The molecule has 0 amide bonds. The zero-order chi connectivity index (χ0) is 16.2. The molecule has 1 fully saturated rings. The summed E-state index contributed by atoms with van der Waals surface area (Å²) in [5, 5.41) is 3.40. The van der Waals surface area contributed by atoms with Crippen molar-refractivity contribution in [1.82, 2.24) is 20.3 Å². The Morgan fingerprint density at radius 1 is 0.750 bits per heavy atom. The summed E-state index contributed by atoms with van der Waals surface area (Å²) in [6.07, 6.45) is 5.50. The summed E-state index contributed by atoms with van der Waals surface area (Å²) in [7, 11) is 0. The molecule has 1 N–H and O–H groups in total. The van der Waals surface area contributed by atoms with Crippen LogP contribution in [0.3, 0.4) is 0 Å². The highest BCUT2D eigenvalue weighted by Gasteiger charge is 2.20. The quantitative estimate of drug-likeness (QED) is 0.805. The van der Waals surface area contributed by atoms with Gasteiger partial charge in [-0.05, 0) is 30.3 Å². The second-order valence-corrected chi connectivity index (χ2v) is 5.72. The zero-order valence-electron chi connectivity index (χ0n) is 13.4. The van der Waals surface area contributed by atoms with E-state index in [1.165, 1.54) is 5.69 Å². The van der Waals surface area contributed by atoms with Crippen molar-refractivity contribution >= 4 is 5.69 Å². The fraction of sp³-hybridized carbons (Fsp3) is 0.211. The molecule has 1 aliphatic heterocycles. The molecule has 4 rings (SSSR count). The summed E-state index contributed by atoms with van der Waals surface area (Å²) in [5.41, 5.74) is 4.91. The summed E-state index contributed by atoms with van der Waals surface area (Å²) in [6, 6.07) is 14.0. The van der Waals surface area contributed by atoms with Crippen molar-refractivity contribution < 1.29 is 0 Å². The van der Waals surface area contributed by atoms with Gasteiger partial charge >= 0.3 is 0 Å². The molecule has 0 unspecified atom stereocenters. The van der Waals surface area contributed by atoms with Crippen LogP contribution in [-0.4, -0.2) is 41.1 Å².